The number of piperidine rings is 1. The molecule has 48 heavy (non-hydrogen) atoms. The van der Waals surface area contributed by atoms with E-state index in [-0.39, 0.29) is 29.0 Å². The molecule has 1 aliphatic rings. The zero-order valence-corrected chi connectivity index (χ0v) is 28.0. The number of aliphatic carboxylic acids is 1. The van der Waals surface area contributed by atoms with Crippen LogP contribution in [0.25, 0.3) is 11.1 Å². The lowest BCUT2D eigenvalue weighted by Crippen LogP contribution is -2.41. The third-order valence-corrected chi connectivity index (χ3v) is 9.05. The molecular formula is C36H42F5N3O4. The summed E-state index contributed by atoms with van der Waals surface area (Å²) in [6, 6.07) is 3.45. The zero-order valence-electron chi connectivity index (χ0n) is 28.0. The van der Waals surface area contributed by atoms with E-state index in [0.717, 1.165) is 10.8 Å². The molecule has 1 aromatic heterocycles. The molecule has 2 aromatic carbocycles. The molecule has 0 bridgehead atoms. The van der Waals surface area contributed by atoms with Gasteiger partial charge in [0.1, 0.15) is 17.7 Å². The summed E-state index contributed by atoms with van der Waals surface area (Å²) >= 11 is 0. The number of rotatable bonds is 10. The number of alkyl halides is 3. The highest BCUT2D eigenvalue weighted by molar-refractivity contribution is 5.82. The number of carbonyl (C=O) groups excluding carboxylic acids is 1. The van der Waals surface area contributed by atoms with Gasteiger partial charge in [0.05, 0.1) is 18.0 Å². The summed E-state index contributed by atoms with van der Waals surface area (Å²) in [5, 5.41) is 12.4. The van der Waals surface area contributed by atoms with Crippen LogP contribution in [-0.2, 0) is 15.8 Å². The van der Waals surface area contributed by atoms with Crippen LogP contribution in [-0.4, -0.2) is 46.6 Å². The van der Waals surface area contributed by atoms with Crippen molar-refractivity contribution in [3.8, 4) is 11.1 Å². The quantitative estimate of drug-likeness (QED) is 0.218. The summed E-state index contributed by atoms with van der Waals surface area (Å²) < 4.78 is 73.4. The van der Waals surface area contributed by atoms with Crippen molar-refractivity contribution in [2.24, 2.45) is 5.92 Å². The molecule has 4 rings (SSSR count). The van der Waals surface area contributed by atoms with E-state index in [1.165, 1.54) is 25.1 Å². The van der Waals surface area contributed by atoms with Gasteiger partial charge in [0.15, 0.2) is 0 Å². The van der Waals surface area contributed by atoms with Crippen LogP contribution in [0.5, 0.6) is 0 Å². The molecule has 1 amide bonds. The van der Waals surface area contributed by atoms with Crippen LogP contribution in [0.15, 0.2) is 41.3 Å². The van der Waals surface area contributed by atoms with Crippen LogP contribution >= 0.6 is 0 Å². The molecule has 2 N–H and O–H groups in total. The van der Waals surface area contributed by atoms with Gasteiger partial charge in [-0.25, -0.2) is 8.78 Å². The molecule has 1 saturated heterocycles. The van der Waals surface area contributed by atoms with Gasteiger partial charge in [0.2, 0.25) is 5.91 Å². The fourth-order valence-electron chi connectivity index (χ4n) is 6.73. The lowest BCUT2D eigenvalue weighted by atomic mass is 9.87. The van der Waals surface area contributed by atoms with Gasteiger partial charge < -0.3 is 19.9 Å². The van der Waals surface area contributed by atoms with Gasteiger partial charge in [0, 0.05) is 17.8 Å². The Balaban J connectivity index is 1.81. The van der Waals surface area contributed by atoms with Crippen LogP contribution in [0.1, 0.15) is 90.9 Å². The number of nitrogens with one attached hydrogen (secondary N) is 1. The molecule has 2 heterocycles. The molecule has 0 aliphatic carbocycles. The molecule has 0 radical (unpaired) electrons. The minimum Gasteiger partial charge on any atom is -0.481 e. The second-order valence-corrected chi connectivity index (χ2v) is 13.4. The Morgan fingerprint density at radius 2 is 1.58 bits per heavy atom. The molecular weight excluding hydrogens is 633 g/mol. The average molecular weight is 676 g/mol. The Bertz CT molecular complexity index is 1720. The number of carboxylic acid groups (broad SMARTS) is 1. The molecule has 2 atom stereocenters. The van der Waals surface area contributed by atoms with Gasteiger partial charge >= 0.3 is 12.1 Å². The third-order valence-electron chi connectivity index (χ3n) is 9.05. The number of hydrogen-bond acceptors (Lipinski definition) is 4. The molecule has 260 valence electrons. The summed E-state index contributed by atoms with van der Waals surface area (Å²) in [4.78, 5) is 41.4. The fourth-order valence-corrected chi connectivity index (χ4v) is 6.73. The van der Waals surface area contributed by atoms with Crippen molar-refractivity contribution in [1.29, 1.82) is 0 Å². The van der Waals surface area contributed by atoms with E-state index in [4.69, 9.17) is 0 Å². The molecule has 0 unspecified atom stereocenters. The van der Waals surface area contributed by atoms with Gasteiger partial charge in [-0.05, 0) is 130 Å². The van der Waals surface area contributed by atoms with E-state index in [9.17, 15) is 37.1 Å². The monoisotopic (exact) mass is 675 g/mol. The Morgan fingerprint density at radius 3 is 2.12 bits per heavy atom. The van der Waals surface area contributed by atoms with Gasteiger partial charge in [0.25, 0.3) is 5.56 Å². The Hall–Kier alpha value is -4.06. The number of benzene rings is 2. The highest BCUT2D eigenvalue weighted by atomic mass is 19.4. The molecule has 7 nitrogen and oxygen atoms in total. The number of carbonyl (C=O) groups is 2. The number of aryl methyl sites for hydroxylation is 3. The third kappa shape index (κ3) is 8.32. The maximum absolute atomic E-state index is 15.8. The second-order valence-electron chi connectivity index (χ2n) is 13.4. The van der Waals surface area contributed by atoms with E-state index < -0.39 is 65.2 Å². The highest BCUT2D eigenvalue weighted by Crippen LogP contribution is 2.39. The van der Waals surface area contributed by atoms with E-state index in [1.54, 1.807) is 33.8 Å². The average Bonchev–Trinajstić information content (AvgIpc) is 2.96. The normalized spacial score (nSPS) is 15.8. The lowest BCUT2D eigenvalue weighted by Gasteiger charge is -2.32. The van der Waals surface area contributed by atoms with Crippen molar-refractivity contribution in [2.45, 2.75) is 84.5 Å². The van der Waals surface area contributed by atoms with Crippen molar-refractivity contribution in [2.75, 3.05) is 20.1 Å². The number of pyridine rings is 1. The van der Waals surface area contributed by atoms with E-state index in [0.29, 0.717) is 54.3 Å². The smallest absolute Gasteiger partial charge is 0.416 e. The predicted molar refractivity (Wildman–Crippen MR) is 173 cm³/mol. The molecule has 12 heteroatoms. The van der Waals surface area contributed by atoms with Crippen molar-refractivity contribution in [1.82, 2.24) is 14.8 Å². The van der Waals surface area contributed by atoms with Gasteiger partial charge in [-0.3, -0.25) is 14.4 Å². The van der Waals surface area contributed by atoms with Crippen molar-refractivity contribution >= 4 is 11.9 Å². The lowest BCUT2D eigenvalue weighted by molar-refractivity contribution is -0.139. The van der Waals surface area contributed by atoms with Crippen LogP contribution in [0.3, 0.4) is 0 Å². The molecule has 0 spiro atoms. The zero-order chi connectivity index (χ0) is 35.7. The number of nitrogens with zero attached hydrogens (tertiary/aromatic N) is 2. The SMILES string of the molecule is Cc1cc(-c2c(C)cc(F)cc2C)cc([C@H](CC(=O)O)NC(=O)[C@H](CC(C)C)n2cc(C3CCN(C)CC3)c(C(F)(F)F)cc2=O)c1F. The fraction of sp³-hybridized carbons (Fsp3) is 0.472. The van der Waals surface area contributed by atoms with E-state index in [1.807, 2.05) is 11.9 Å². The van der Waals surface area contributed by atoms with Gasteiger partial charge in [-0.1, -0.05) is 13.8 Å². The summed E-state index contributed by atoms with van der Waals surface area (Å²) in [6.07, 6.45) is -3.47. The Kier molecular flexibility index (Phi) is 11.2. The Morgan fingerprint density at radius 1 is 0.979 bits per heavy atom. The number of likely N-dealkylation sites (tertiary alicyclic amines) is 1. The van der Waals surface area contributed by atoms with Crippen molar-refractivity contribution < 1.29 is 36.6 Å². The van der Waals surface area contributed by atoms with Crippen LogP contribution < -0.4 is 10.9 Å². The first-order chi connectivity index (χ1) is 22.4. The van der Waals surface area contributed by atoms with E-state index in [2.05, 4.69) is 5.32 Å². The molecule has 0 saturated carbocycles. The van der Waals surface area contributed by atoms with Crippen molar-refractivity contribution in [3.63, 3.8) is 0 Å². The number of hydrogen-bond donors (Lipinski definition) is 2. The summed E-state index contributed by atoms with van der Waals surface area (Å²) in [7, 11) is 1.88. The summed E-state index contributed by atoms with van der Waals surface area (Å²) in [5.41, 5.74) is 0.158. The number of aromatic nitrogens is 1. The second kappa shape index (κ2) is 14.6. The summed E-state index contributed by atoms with van der Waals surface area (Å²) in [5.74, 6) is -4.06. The predicted octanol–water partition coefficient (Wildman–Crippen LogP) is 7.47. The van der Waals surface area contributed by atoms with Crippen LogP contribution in [0.2, 0.25) is 0 Å². The van der Waals surface area contributed by atoms with Gasteiger partial charge in [-0.15, -0.1) is 0 Å². The number of halogens is 5. The molecule has 1 aliphatic heterocycles. The maximum atomic E-state index is 15.8. The highest BCUT2D eigenvalue weighted by Gasteiger charge is 2.38. The minimum atomic E-state index is -4.79. The molecule has 3 aromatic rings. The minimum absolute atomic E-state index is 0.0409. The first-order valence-electron chi connectivity index (χ1n) is 16.0. The topological polar surface area (TPSA) is 91.6 Å². The molecule has 1 fully saturated rings. The van der Waals surface area contributed by atoms with E-state index >= 15 is 4.39 Å². The number of amides is 1. The number of carboxylic acids is 1. The largest absolute Gasteiger partial charge is 0.481 e. The van der Waals surface area contributed by atoms with Crippen LogP contribution in [0, 0.1) is 38.3 Å². The maximum Gasteiger partial charge on any atom is 0.416 e. The summed E-state index contributed by atoms with van der Waals surface area (Å²) in [6.45, 7) is 9.56. The Labute approximate surface area is 276 Å². The first kappa shape index (κ1) is 36.8. The van der Waals surface area contributed by atoms with Gasteiger partial charge in [-0.2, -0.15) is 13.2 Å². The standard InChI is InChI=1S/C36H42F5N3O4/c1-19(2)11-30(44-18-27(23-7-9-43(6)10-8-23)28(16-31(44)45)36(39,40)41)35(48)42-29(17-32(46)47)26-15-24(12-22(5)34(26)38)33-20(3)13-25(37)14-21(33)4/h12-16,18-19,23,29-30H,7-11,17H2,1-6H3,(H,42,48)(H,46,47)/t29-,30-/m0/s1. The van der Waals surface area contributed by atoms with Crippen molar-refractivity contribution in [3.05, 3.63) is 91.9 Å². The van der Waals surface area contributed by atoms with Crippen LogP contribution in [0.4, 0.5) is 22.0 Å². The first-order valence-corrected chi connectivity index (χ1v) is 16.0.